The van der Waals surface area contributed by atoms with Gasteiger partial charge in [-0.25, -0.2) is 14.9 Å². The van der Waals surface area contributed by atoms with Gasteiger partial charge in [0, 0.05) is 11.3 Å². The van der Waals surface area contributed by atoms with Crippen molar-refractivity contribution in [3.05, 3.63) is 59.4 Å². The van der Waals surface area contributed by atoms with Gasteiger partial charge in [-0.3, -0.25) is 4.79 Å². The number of aromatic nitrogens is 3. The maximum absolute atomic E-state index is 13.6. The Bertz CT molecular complexity index is 1050. The van der Waals surface area contributed by atoms with E-state index >= 15 is 0 Å². The van der Waals surface area contributed by atoms with E-state index in [1.54, 1.807) is 26.2 Å². The zero-order chi connectivity index (χ0) is 21.5. The van der Waals surface area contributed by atoms with E-state index in [0.29, 0.717) is 22.4 Å². The minimum Gasteiger partial charge on any atom is -0.497 e. The molecule has 3 N–H and O–H groups in total. The van der Waals surface area contributed by atoms with Crippen LogP contribution in [0.4, 0.5) is 16.0 Å². The van der Waals surface area contributed by atoms with Gasteiger partial charge in [-0.15, -0.1) is 5.10 Å². The first-order chi connectivity index (χ1) is 14.5. The second-order valence-electron chi connectivity index (χ2n) is 6.25. The van der Waals surface area contributed by atoms with Crippen molar-refractivity contribution in [2.24, 2.45) is 5.10 Å². The number of hydrazone groups is 1. The number of thioether (sulfide) groups is 1. The number of hydrogen-bond acceptors (Lipinski definition) is 7. The molecule has 3 rings (SSSR count). The number of methoxy groups -OCH3 is 1. The first kappa shape index (κ1) is 21.3. The van der Waals surface area contributed by atoms with Gasteiger partial charge >= 0.3 is 0 Å². The number of ether oxygens (including phenoxy) is 1. The van der Waals surface area contributed by atoms with Crippen LogP contribution in [0.25, 0.3) is 0 Å². The van der Waals surface area contributed by atoms with Gasteiger partial charge in [-0.05, 0) is 55.8 Å². The Morgan fingerprint density at radius 2 is 2.03 bits per heavy atom. The maximum atomic E-state index is 13.6. The maximum Gasteiger partial charge on any atom is 0.240 e. The van der Waals surface area contributed by atoms with Crippen LogP contribution in [-0.2, 0) is 4.79 Å². The summed E-state index contributed by atoms with van der Waals surface area (Å²) in [5.41, 5.74) is 5.33. The Labute approximate surface area is 177 Å². The average Bonchev–Trinajstić information content (AvgIpc) is 3.22. The monoisotopic (exact) mass is 428 g/mol. The Kier molecular flexibility index (Phi) is 7.02. The lowest BCUT2D eigenvalue weighted by Crippen LogP contribution is -2.15. The summed E-state index contributed by atoms with van der Waals surface area (Å²) < 4.78 is 18.7. The highest BCUT2D eigenvalue weighted by Crippen LogP contribution is 2.19. The largest absolute Gasteiger partial charge is 0.497 e. The van der Waals surface area contributed by atoms with Crippen LogP contribution in [-0.4, -0.2) is 39.7 Å². The van der Waals surface area contributed by atoms with E-state index < -0.39 is 0 Å². The molecular formula is C20H21FN6O2S. The third-order valence-corrected chi connectivity index (χ3v) is 5.02. The van der Waals surface area contributed by atoms with Crippen LogP contribution in [0, 0.1) is 12.7 Å². The summed E-state index contributed by atoms with van der Waals surface area (Å²) in [7, 11) is 1.61. The molecule has 0 atom stereocenters. The molecule has 0 radical (unpaired) electrons. The molecule has 0 fully saturated rings. The predicted molar refractivity (Wildman–Crippen MR) is 116 cm³/mol. The summed E-state index contributed by atoms with van der Waals surface area (Å²) in [4.78, 5) is 16.3. The number of carbonyl (C=O) groups is 1. The lowest BCUT2D eigenvalue weighted by Gasteiger charge is -2.07. The lowest BCUT2D eigenvalue weighted by atomic mass is 10.1. The second kappa shape index (κ2) is 9.88. The third-order valence-electron chi connectivity index (χ3n) is 4.18. The number of aromatic amines is 1. The van der Waals surface area contributed by atoms with Crippen LogP contribution in [0.2, 0.25) is 0 Å². The number of nitrogens with one attached hydrogen (secondary N) is 3. The first-order valence-corrected chi connectivity index (χ1v) is 9.99. The van der Waals surface area contributed by atoms with E-state index in [2.05, 4.69) is 31.0 Å². The second-order valence-corrected chi connectivity index (χ2v) is 7.20. The SMILES string of the molecule is COc1ccc(/C(C)=N/Nc2nc(SCC(=O)Nc3cccc(F)c3C)n[nH]2)cc1. The smallest absolute Gasteiger partial charge is 0.240 e. The van der Waals surface area contributed by atoms with E-state index in [4.69, 9.17) is 4.74 Å². The van der Waals surface area contributed by atoms with Crippen molar-refractivity contribution in [3.8, 4) is 5.75 Å². The number of nitrogens with zero attached hydrogens (tertiary/aromatic N) is 3. The van der Waals surface area contributed by atoms with Gasteiger partial charge in [0.05, 0.1) is 18.6 Å². The Morgan fingerprint density at radius 3 is 2.77 bits per heavy atom. The van der Waals surface area contributed by atoms with Crippen molar-refractivity contribution in [2.45, 2.75) is 19.0 Å². The molecule has 0 spiro atoms. The fourth-order valence-corrected chi connectivity index (χ4v) is 3.05. The topological polar surface area (TPSA) is 104 Å². The quantitative estimate of drug-likeness (QED) is 0.286. The molecule has 1 aromatic heterocycles. The highest BCUT2D eigenvalue weighted by atomic mass is 32.2. The van der Waals surface area contributed by atoms with Crippen LogP contribution in [0.1, 0.15) is 18.1 Å². The zero-order valence-electron chi connectivity index (χ0n) is 16.7. The Hall–Kier alpha value is -3.40. The highest BCUT2D eigenvalue weighted by Gasteiger charge is 2.10. The summed E-state index contributed by atoms with van der Waals surface area (Å²) >= 11 is 1.15. The van der Waals surface area contributed by atoms with Crippen LogP contribution in [0.5, 0.6) is 5.75 Å². The number of anilines is 2. The van der Waals surface area contributed by atoms with Gasteiger partial charge in [0.2, 0.25) is 17.0 Å². The van der Waals surface area contributed by atoms with Gasteiger partial charge < -0.3 is 10.1 Å². The van der Waals surface area contributed by atoms with Crippen LogP contribution >= 0.6 is 11.8 Å². The molecule has 0 saturated carbocycles. The zero-order valence-corrected chi connectivity index (χ0v) is 17.5. The highest BCUT2D eigenvalue weighted by molar-refractivity contribution is 7.99. The third kappa shape index (κ3) is 5.57. The molecule has 3 aromatic rings. The number of rotatable bonds is 8. The first-order valence-electron chi connectivity index (χ1n) is 9.01. The molecule has 0 saturated heterocycles. The summed E-state index contributed by atoms with van der Waals surface area (Å²) in [5.74, 6) is 0.568. The van der Waals surface area contributed by atoms with E-state index in [1.165, 1.54) is 6.07 Å². The average molecular weight is 428 g/mol. The van der Waals surface area contributed by atoms with Crippen molar-refractivity contribution in [1.29, 1.82) is 0 Å². The molecular weight excluding hydrogens is 407 g/mol. The van der Waals surface area contributed by atoms with Gasteiger partial charge in [0.1, 0.15) is 11.6 Å². The van der Waals surface area contributed by atoms with Crippen LogP contribution in [0.3, 0.4) is 0 Å². The number of carbonyl (C=O) groups excluding carboxylic acids is 1. The lowest BCUT2D eigenvalue weighted by molar-refractivity contribution is -0.113. The summed E-state index contributed by atoms with van der Waals surface area (Å²) in [5, 5.41) is 14.1. The molecule has 1 heterocycles. The predicted octanol–water partition coefficient (Wildman–Crippen LogP) is 3.83. The molecule has 0 unspecified atom stereocenters. The van der Waals surface area contributed by atoms with E-state index in [9.17, 15) is 9.18 Å². The fourth-order valence-electron chi connectivity index (χ4n) is 2.45. The minimum atomic E-state index is -0.365. The molecule has 8 nitrogen and oxygen atoms in total. The van der Waals surface area contributed by atoms with Gasteiger partial charge in [-0.1, -0.05) is 17.8 Å². The Balaban J connectivity index is 1.52. The van der Waals surface area contributed by atoms with E-state index in [-0.39, 0.29) is 17.5 Å². The molecule has 0 aliphatic heterocycles. The number of H-pyrrole nitrogens is 1. The summed E-state index contributed by atoms with van der Waals surface area (Å²) in [6.07, 6.45) is 0. The molecule has 2 aromatic carbocycles. The molecule has 1 amide bonds. The molecule has 10 heteroatoms. The minimum absolute atomic E-state index is 0.0847. The van der Waals surface area contributed by atoms with Crippen molar-refractivity contribution in [3.63, 3.8) is 0 Å². The van der Waals surface area contributed by atoms with Gasteiger partial charge in [0.15, 0.2) is 0 Å². The van der Waals surface area contributed by atoms with Crippen molar-refractivity contribution >= 4 is 35.0 Å². The van der Waals surface area contributed by atoms with E-state index in [1.807, 2.05) is 31.2 Å². The summed E-state index contributed by atoms with van der Waals surface area (Å²) in [6.45, 7) is 3.47. The van der Waals surface area contributed by atoms with Gasteiger partial charge in [-0.2, -0.15) is 10.1 Å². The van der Waals surface area contributed by atoms with Gasteiger partial charge in [0.25, 0.3) is 0 Å². The molecule has 0 bridgehead atoms. The van der Waals surface area contributed by atoms with Crippen molar-refractivity contribution in [1.82, 2.24) is 15.2 Å². The van der Waals surface area contributed by atoms with Crippen molar-refractivity contribution < 1.29 is 13.9 Å². The van der Waals surface area contributed by atoms with Crippen LogP contribution < -0.4 is 15.5 Å². The number of amides is 1. The van der Waals surface area contributed by atoms with E-state index in [0.717, 1.165) is 28.8 Å². The standard InChI is InChI=1S/C20H21FN6O2S/c1-12-16(21)5-4-6-17(12)22-18(28)11-30-20-23-19(26-27-20)25-24-13(2)14-7-9-15(29-3)10-8-14/h4-10H,11H2,1-3H3,(H,22,28)(H2,23,25,26,27)/b24-13+. The molecule has 30 heavy (non-hydrogen) atoms. The number of benzene rings is 2. The Morgan fingerprint density at radius 1 is 1.27 bits per heavy atom. The number of halogens is 1. The molecule has 0 aliphatic rings. The van der Waals surface area contributed by atoms with Crippen LogP contribution in [0.15, 0.2) is 52.7 Å². The van der Waals surface area contributed by atoms with Crippen molar-refractivity contribution in [2.75, 3.05) is 23.6 Å². The number of hydrogen-bond donors (Lipinski definition) is 3. The normalized spacial score (nSPS) is 11.3. The molecule has 156 valence electrons. The summed E-state index contributed by atoms with van der Waals surface area (Å²) in [6, 6.07) is 12.1. The molecule has 0 aliphatic carbocycles. The fraction of sp³-hybridized carbons (Fsp3) is 0.200.